The summed E-state index contributed by atoms with van der Waals surface area (Å²) in [7, 11) is 1.55. The third kappa shape index (κ3) is 3.10. The van der Waals surface area contributed by atoms with Crippen molar-refractivity contribution in [2.24, 2.45) is 0 Å². The Balaban J connectivity index is 2.88. The first-order valence-corrected chi connectivity index (χ1v) is 5.23. The summed E-state index contributed by atoms with van der Waals surface area (Å²) < 4.78 is 13.4. The second kappa shape index (κ2) is 5.16. The minimum atomic E-state index is -0.737. The number of carbonyl (C=O) groups is 1. The van der Waals surface area contributed by atoms with Crippen LogP contribution in [0, 0.1) is 5.82 Å². The van der Waals surface area contributed by atoms with E-state index in [2.05, 4.69) is 0 Å². The van der Waals surface area contributed by atoms with Crippen LogP contribution in [0.2, 0.25) is 0 Å². The summed E-state index contributed by atoms with van der Waals surface area (Å²) in [4.78, 5) is 13.1. The minimum Gasteiger partial charge on any atom is -0.508 e. The van der Waals surface area contributed by atoms with Gasteiger partial charge in [-0.3, -0.25) is 4.79 Å². The van der Waals surface area contributed by atoms with E-state index >= 15 is 0 Å². The molecule has 0 bridgehead atoms. The lowest BCUT2D eigenvalue weighted by Gasteiger charge is -2.18. The van der Waals surface area contributed by atoms with Crippen molar-refractivity contribution >= 4 is 17.5 Å². The van der Waals surface area contributed by atoms with Gasteiger partial charge < -0.3 is 10.0 Å². The lowest BCUT2D eigenvalue weighted by Crippen LogP contribution is -2.31. The number of rotatable bonds is 3. The van der Waals surface area contributed by atoms with Crippen molar-refractivity contribution in [3.8, 4) is 5.75 Å². The lowest BCUT2D eigenvalue weighted by atomic mass is 10.1. The van der Waals surface area contributed by atoms with Crippen LogP contribution in [-0.2, 0) is 0 Å². The predicted molar refractivity (Wildman–Crippen MR) is 60.3 cm³/mol. The molecule has 0 saturated heterocycles. The standard InChI is InChI=1S/C11H13ClFNO2/c1-7(12)6-14(2)11(16)9-4-3-8(15)5-10(9)13/h3-5,7,15H,6H2,1-2H3. The van der Waals surface area contributed by atoms with Gasteiger partial charge in [0.25, 0.3) is 5.91 Å². The summed E-state index contributed by atoms with van der Waals surface area (Å²) in [6.45, 7) is 2.08. The molecule has 0 aromatic heterocycles. The van der Waals surface area contributed by atoms with Gasteiger partial charge in [0.1, 0.15) is 11.6 Å². The predicted octanol–water partition coefficient (Wildman–Crippen LogP) is 2.23. The van der Waals surface area contributed by atoms with E-state index in [1.165, 1.54) is 17.0 Å². The van der Waals surface area contributed by atoms with E-state index in [1.54, 1.807) is 14.0 Å². The highest BCUT2D eigenvalue weighted by atomic mass is 35.5. The van der Waals surface area contributed by atoms with Crippen molar-refractivity contribution in [3.05, 3.63) is 29.6 Å². The van der Waals surface area contributed by atoms with E-state index in [4.69, 9.17) is 16.7 Å². The Labute approximate surface area is 98.4 Å². The van der Waals surface area contributed by atoms with E-state index in [9.17, 15) is 9.18 Å². The van der Waals surface area contributed by atoms with Gasteiger partial charge in [0.15, 0.2) is 0 Å². The molecule has 1 N–H and O–H groups in total. The Morgan fingerprint density at radius 2 is 2.25 bits per heavy atom. The number of nitrogens with zero attached hydrogens (tertiary/aromatic N) is 1. The van der Waals surface area contributed by atoms with Gasteiger partial charge in [-0.05, 0) is 19.1 Å². The minimum absolute atomic E-state index is 0.0717. The smallest absolute Gasteiger partial charge is 0.256 e. The number of amides is 1. The molecule has 88 valence electrons. The maximum absolute atomic E-state index is 13.4. The van der Waals surface area contributed by atoms with Crippen LogP contribution in [-0.4, -0.2) is 34.9 Å². The molecule has 0 heterocycles. The Kier molecular flexibility index (Phi) is 4.12. The number of aromatic hydroxyl groups is 1. The fourth-order valence-electron chi connectivity index (χ4n) is 1.34. The highest BCUT2D eigenvalue weighted by Crippen LogP contribution is 2.16. The van der Waals surface area contributed by atoms with Gasteiger partial charge in [-0.2, -0.15) is 0 Å². The fraction of sp³-hybridized carbons (Fsp3) is 0.364. The zero-order chi connectivity index (χ0) is 12.3. The van der Waals surface area contributed by atoms with E-state index in [0.29, 0.717) is 6.54 Å². The molecule has 16 heavy (non-hydrogen) atoms. The first-order chi connectivity index (χ1) is 7.41. The molecular weight excluding hydrogens is 233 g/mol. The summed E-state index contributed by atoms with van der Waals surface area (Å²) in [6, 6.07) is 3.43. The molecular formula is C11H13ClFNO2. The van der Waals surface area contributed by atoms with Crippen molar-refractivity contribution < 1.29 is 14.3 Å². The van der Waals surface area contributed by atoms with Gasteiger partial charge in [0, 0.05) is 25.0 Å². The molecule has 1 aromatic carbocycles. The van der Waals surface area contributed by atoms with Crippen molar-refractivity contribution in [2.45, 2.75) is 12.3 Å². The molecule has 0 aliphatic rings. The molecule has 1 unspecified atom stereocenters. The van der Waals surface area contributed by atoms with Crippen molar-refractivity contribution in [2.75, 3.05) is 13.6 Å². The highest BCUT2D eigenvalue weighted by molar-refractivity contribution is 6.20. The molecule has 0 aliphatic heterocycles. The average molecular weight is 246 g/mol. The summed E-state index contributed by atoms with van der Waals surface area (Å²) in [5, 5.41) is 8.82. The summed E-state index contributed by atoms with van der Waals surface area (Å²) in [6.07, 6.45) is 0. The molecule has 1 aromatic rings. The quantitative estimate of drug-likeness (QED) is 0.830. The lowest BCUT2D eigenvalue weighted by molar-refractivity contribution is 0.0791. The Morgan fingerprint density at radius 1 is 1.62 bits per heavy atom. The molecule has 0 fully saturated rings. The number of benzene rings is 1. The van der Waals surface area contributed by atoms with Crippen LogP contribution in [0.3, 0.4) is 0 Å². The van der Waals surface area contributed by atoms with Crippen LogP contribution < -0.4 is 0 Å². The number of carbonyl (C=O) groups excluding carboxylic acids is 1. The summed E-state index contributed by atoms with van der Waals surface area (Å²) in [5.74, 6) is -1.40. The maximum Gasteiger partial charge on any atom is 0.256 e. The van der Waals surface area contributed by atoms with Gasteiger partial charge in [-0.25, -0.2) is 4.39 Å². The van der Waals surface area contributed by atoms with Gasteiger partial charge in [-0.1, -0.05) is 0 Å². The zero-order valence-corrected chi connectivity index (χ0v) is 9.83. The third-order valence-corrected chi connectivity index (χ3v) is 2.19. The monoisotopic (exact) mass is 245 g/mol. The van der Waals surface area contributed by atoms with Crippen LogP contribution in [0.1, 0.15) is 17.3 Å². The first-order valence-electron chi connectivity index (χ1n) is 4.80. The molecule has 3 nitrogen and oxygen atoms in total. The second-order valence-electron chi connectivity index (χ2n) is 3.63. The summed E-state index contributed by atoms with van der Waals surface area (Å²) in [5.41, 5.74) is -0.0717. The largest absolute Gasteiger partial charge is 0.508 e. The van der Waals surface area contributed by atoms with E-state index < -0.39 is 11.7 Å². The van der Waals surface area contributed by atoms with Gasteiger partial charge in [0.2, 0.25) is 0 Å². The molecule has 1 rings (SSSR count). The summed E-state index contributed by atoms with van der Waals surface area (Å²) >= 11 is 5.74. The van der Waals surface area contributed by atoms with Crippen LogP contribution in [0.15, 0.2) is 18.2 Å². The number of phenols is 1. The molecule has 0 aliphatic carbocycles. The second-order valence-corrected chi connectivity index (χ2v) is 4.38. The van der Waals surface area contributed by atoms with Crippen LogP contribution in [0.4, 0.5) is 4.39 Å². The average Bonchev–Trinajstić information content (AvgIpc) is 2.15. The Morgan fingerprint density at radius 3 is 2.75 bits per heavy atom. The number of alkyl halides is 1. The van der Waals surface area contributed by atoms with Crippen LogP contribution in [0.5, 0.6) is 5.75 Å². The fourth-order valence-corrected chi connectivity index (χ4v) is 1.55. The van der Waals surface area contributed by atoms with Gasteiger partial charge >= 0.3 is 0 Å². The van der Waals surface area contributed by atoms with Crippen molar-refractivity contribution in [1.29, 1.82) is 0 Å². The number of phenolic OH excluding ortho intramolecular Hbond substituents is 1. The van der Waals surface area contributed by atoms with E-state index in [-0.39, 0.29) is 16.7 Å². The Hall–Kier alpha value is -1.29. The highest BCUT2D eigenvalue weighted by Gasteiger charge is 2.17. The van der Waals surface area contributed by atoms with Crippen molar-refractivity contribution in [3.63, 3.8) is 0 Å². The Bertz CT molecular complexity index is 396. The zero-order valence-electron chi connectivity index (χ0n) is 9.08. The molecule has 0 radical (unpaired) electrons. The molecule has 0 saturated carbocycles. The van der Waals surface area contributed by atoms with E-state index in [1.807, 2.05) is 0 Å². The maximum atomic E-state index is 13.4. The normalized spacial score (nSPS) is 12.2. The third-order valence-electron chi connectivity index (χ3n) is 2.06. The molecule has 0 spiro atoms. The van der Waals surface area contributed by atoms with Gasteiger partial charge in [0.05, 0.1) is 5.56 Å². The number of halogens is 2. The number of hydrogen-bond donors (Lipinski definition) is 1. The van der Waals surface area contributed by atoms with Crippen molar-refractivity contribution in [1.82, 2.24) is 4.90 Å². The van der Waals surface area contributed by atoms with E-state index in [0.717, 1.165) is 6.07 Å². The molecule has 5 heteroatoms. The van der Waals surface area contributed by atoms with Crippen LogP contribution >= 0.6 is 11.6 Å². The molecule has 1 atom stereocenters. The first kappa shape index (κ1) is 12.8. The van der Waals surface area contributed by atoms with Gasteiger partial charge in [-0.15, -0.1) is 11.6 Å². The molecule has 1 amide bonds. The SMILES string of the molecule is CC(Cl)CN(C)C(=O)c1ccc(O)cc1F. The topological polar surface area (TPSA) is 40.5 Å². The number of hydrogen-bond acceptors (Lipinski definition) is 2. The van der Waals surface area contributed by atoms with Crippen LogP contribution in [0.25, 0.3) is 0 Å².